The smallest absolute Gasteiger partial charge is 0.0623 e. The summed E-state index contributed by atoms with van der Waals surface area (Å²) in [7, 11) is 0. The van der Waals surface area contributed by atoms with E-state index in [1.807, 2.05) is 36.4 Å². The Morgan fingerprint density at radius 1 is 0.320 bits per heavy atom. The lowest BCUT2D eigenvalue weighted by Crippen LogP contribution is -2.07. The van der Waals surface area contributed by atoms with Crippen LogP contribution in [0.4, 0.5) is 0 Å². The second-order valence-electron chi connectivity index (χ2n) is 6.54. The third-order valence-electron chi connectivity index (χ3n) is 5.29. The molecule has 0 aromatic heterocycles. The van der Waals surface area contributed by atoms with Gasteiger partial charge >= 0.3 is 0 Å². The molecule has 0 fully saturated rings. The highest BCUT2D eigenvalue weighted by Crippen LogP contribution is 2.65. The van der Waals surface area contributed by atoms with Gasteiger partial charge in [-0.15, -0.1) is 0 Å². The maximum absolute atomic E-state index is 2.29. The number of benzene rings is 4. The normalized spacial score (nSPS) is 13.9. The Morgan fingerprint density at radius 2 is 0.640 bits per heavy atom. The second-order valence-corrected chi connectivity index (χ2v) is 6.54. The summed E-state index contributed by atoms with van der Waals surface area (Å²) < 4.78 is 0. The molecule has 6 rings (SSSR count). The fourth-order valence-electron chi connectivity index (χ4n) is 4.25. The average Bonchev–Trinajstić information content (AvgIpc) is 3.29. The zero-order valence-corrected chi connectivity index (χ0v) is 13.9. The molecule has 0 heterocycles. The third-order valence-corrected chi connectivity index (χ3v) is 5.29. The van der Waals surface area contributed by atoms with Crippen molar-refractivity contribution in [1.29, 1.82) is 0 Å². The molecule has 118 valence electrons. The molecule has 1 spiro atoms. The van der Waals surface area contributed by atoms with E-state index >= 15 is 0 Å². The van der Waals surface area contributed by atoms with Crippen molar-refractivity contribution >= 4 is 0 Å². The molecule has 0 bridgehead atoms. The molecule has 0 atom stereocenters. The van der Waals surface area contributed by atoms with Crippen LogP contribution in [0.2, 0.25) is 0 Å². The van der Waals surface area contributed by atoms with Gasteiger partial charge in [0, 0.05) is 0 Å². The van der Waals surface area contributed by atoms with Gasteiger partial charge < -0.3 is 0 Å². The second kappa shape index (κ2) is 5.46. The van der Waals surface area contributed by atoms with Gasteiger partial charge in [-0.25, -0.2) is 0 Å². The molecule has 2 aliphatic rings. The summed E-state index contributed by atoms with van der Waals surface area (Å²) in [6, 6.07) is 38.5. The van der Waals surface area contributed by atoms with Crippen LogP contribution in [-0.4, -0.2) is 0 Å². The van der Waals surface area contributed by atoms with Crippen LogP contribution in [0, 0.1) is 0 Å². The molecule has 0 amide bonds. The summed E-state index contributed by atoms with van der Waals surface area (Å²) in [5.74, 6) is 0. The molecule has 0 aliphatic heterocycles. The van der Waals surface area contributed by atoms with Crippen molar-refractivity contribution in [2.24, 2.45) is 0 Å². The molecule has 0 nitrogen and oxygen atoms in total. The minimum atomic E-state index is 0.0662. The van der Waals surface area contributed by atoms with Gasteiger partial charge in [-0.05, 0) is 33.4 Å². The number of hydrogen-bond acceptors (Lipinski definition) is 0. The average molecular weight is 318 g/mol. The molecule has 0 saturated heterocycles. The van der Waals surface area contributed by atoms with Crippen LogP contribution in [-0.2, 0) is 5.41 Å². The molecular weight excluding hydrogens is 300 g/mol. The van der Waals surface area contributed by atoms with Crippen LogP contribution < -0.4 is 0 Å². The molecule has 4 aromatic rings. The van der Waals surface area contributed by atoms with Crippen molar-refractivity contribution < 1.29 is 0 Å². The summed E-state index contributed by atoms with van der Waals surface area (Å²) in [6.45, 7) is 0. The van der Waals surface area contributed by atoms with Gasteiger partial charge in [-0.1, -0.05) is 109 Å². The summed E-state index contributed by atoms with van der Waals surface area (Å²) >= 11 is 0. The van der Waals surface area contributed by atoms with E-state index in [-0.39, 0.29) is 5.41 Å². The fourth-order valence-corrected chi connectivity index (χ4v) is 4.25. The monoisotopic (exact) mass is 318 g/mol. The van der Waals surface area contributed by atoms with Crippen molar-refractivity contribution in [3.8, 4) is 11.1 Å². The minimum Gasteiger partial charge on any atom is -0.0623 e. The molecule has 2 aliphatic carbocycles. The van der Waals surface area contributed by atoms with E-state index in [0.717, 1.165) is 0 Å². The van der Waals surface area contributed by atoms with Gasteiger partial charge in [-0.3, -0.25) is 0 Å². The highest BCUT2D eigenvalue weighted by atomic mass is 14.6. The summed E-state index contributed by atoms with van der Waals surface area (Å²) in [5, 5.41) is 0. The van der Waals surface area contributed by atoms with Crippen LogP contribution in [0.15, 0.2) is 109 Å². The van der Waals surface area contributed by atoms with Crippen LogP contribution in [0.3, 0.4) is 0 Å². The van der Waals surface area contributed by atoms with Crippen molar-refractivity contribution in [2.75, 3.05) is 0 Å². The zero-order chi connectivity index (χ0) is 16.7. The van der Waals surface area contributed by atoms with Crippen LogP contribution >= 0.6 is 0 Å². The largest absolute Gasteiger partial charge is 0.0720 e. The summed E-state index contributed by atoms with van der Waals surface area (Å²) in [6.07, 6.45) is 0. The Bertz CT molecular complexity index is 947. The molecule has 0 heteroatoms. The molecule has 25 heavy (non-hydrogen) atoms. The van der Waals surface area contributed by atoms with Gasteiger partial charge in [0.25, 0.3) is 0 Å². The van der Waals surface area contributed by atoms with E-state index in [9.17, 15) is 0 Å². The summed E-state index contributed by atoms with van der Waals surface area (Å²) in [5.41, 5.74) is 8.73. The first-order valence-corrected chi connectivity index (χ1v) is 8.73. The standard InChI is InChI=1S/C19H12.C6H6/c1-3-9-15-13(7-1)14-8-2-4-10-16(14)19(15)17-11-5-6-12-18(17)19;1-2-4-6-5-3-1/h1-12H;1-6H. The van der Waals surface area contributed by atoms with Gasteiger partial charge in [0.15, 0.2) is 0 Å². The van der Waals surface area contributed by atoms with Gasteiger partial charge in [0.05, 0.1) is 5.41 Å². The van der Waals surface area contributed by atoms with Crippen LogP contribution in [0.5, 0.6) is 0 Å². The lowest BCUT2D eigenvalue weighted by molar-refractivity contribution is 0.950. The quantitative estimate of drug-likeness (QED) is 0.320. The van der Waals surface area contributed by atoms with Crippen molar-refractivity contribution in [2.45, 2.75) is 5.41 Å². The van der Waals surface area contributed by atoms with Crippen LogP contribution in [0.1, 0.15) is 22.3 Å². The molecule has 0 unspecified atom stereocenters. The minimum absolute atomic E-state index is 0.0662. The highest BCUT2D eigenvalue weighted by Gasteiger charge is 2.57. The lowest BCUT2D eigenvalue weighted by Gasteiger charge is -2.12. The Labute approximate surface area is 148 Å². The van der Waals surface area contributed by atoms with Gasteiger partial charge in [0.2, 0.25) is 0 Å². The van der Waals surface area contributed by atoms with Crippen molar-refractivity contribution in [3.63, 3.8) is 0 Å². The Kier molecular flexibility index (Phi) is 3.11. The summed E-state index contributed by atoms with van der Waals surface area (Å²) in [4.78, 5) is 0. The maximum Gasteiger partial charge on any atom is 0.0720 e. The first-order chi connectivity index (χ1) is 12.4. The maximum atomic E-state index is 2.29. The third kappa shape index (κ3) is 1.94. The predicted molar refractivity (Wildman–Crippen MR) is 104 cm³/mol. The van der Waals surface area contributed by atoms with E-state index in [4.69, 9.17) is 0 Å². The Hall–Kier alpha value is -3.12. The van der Waals surface area contributed by atoms with E-state index in [2.05, 4.69) is 72.8 Å². The van der Waals surface area contributed by atoms with E-state index < -0.39 is 0 Å². The molecule has 0 N–H and O–H groups in total. The Morgan fingerprint density at radius 3 is 1.04 bits per heavy atom. The lowest BCUT2D eigenvalue weighted by atomic mass is 9.89. The van der Waals surface area contributed by atoms with Crippen molar-refractivity contribution in [3.05, 3.63) is 131 Å². The molecule has 0 radical (unpaired) electrons. The number of fused-ring (bicyclic) bond motifs is 8. The van der Waals surface area contributed by atoms with E-state index in [0.29, 0.717) is 0 Å². The fraction of sp³-hybridized carbons (Fsp3) is 0.0400. The van der Waals surface area contributed by atoms with Gasteiger partial charge in [0.1, 0.15) is 0 Å². The van der Waals surface area contributed by atoms with Crippen LogP contribution in [0.25, 0.3) is 11.1 Å². The van der Waals surface area contributed by atoms with Crippen molar-refractivity contribution in [1.82, 2.24) is 0 Å². The SMILES string of the molecule is c1ccc2c(c1)-c1ccccc1C21c2ccccc21.c1ccccc1. The topological polar surface area (TPSA) is 0 Å². The van der Waals surface area contributed by atoms with E-state index in [1.54, 1.807) is 0 Å². The first kappa shape index (κ1) is 14.2. The molecule has 0 saturated carbocycles. The highest BCUT2D eigenvalue weighted by molar-refractivity contribution is 5.92. The number of hydrogen-bond donors (Lipinski definition) is 0. The predicted octanol–water partition coefficient (Wildman–Crippen LogP) is 6.05. The Balaban J connectivity index is 0.000000201. The molecular formula is C25H18. The van der Waals surface area contributed by atoms with Gasteiger partial charge in [-0.2, -0.15) is 0 Å². The van der Waals surface area contributed by atoms with E-state index in [1.165, 1.54) is 33.4 Å². The molecule has 4 aromatic carbocycles. The first-order valence-electron chi connectivity index (χ1n) is 8.73. The number of rotatable bonds is 0. The zero-order valence-electron chi connectivity index (χ0n) is 13.9.